The van der Waals surface area contributed by atoms with E-state index in [0.29, 0.717) is 0 Å². The van der Waals surface area contributed by atoms with Gasteiger partial charge in [-0.1, -0.05) is 105 Å². The number of cyclic esters (lactones) is 1. The predicted octanol–water partition coefficient (Wildman–Crippen LogP) is 2.52. The average Bonchev–Trinajstić information content (AvgIpc) is 3.10. The normalized spacial score (nSPS) is 24.4. The number of nitrogens with two attached hydrogens (primary N) is 1. The summed E-state index contributed by atoms with van der Waals surface area (Å²) in [4.78, 5) is 92.5. The first-order valence-corrected chi connectivity index (χ1v) is 17.8. The molecule has 1 fully saturated rings. The topological polar surface area (TPSA) is 206 Å². The van der Waals surface area contributed by atoms with Crippen LogP contribution in [-0.4, -0.2) is 89.7 Å². The van der Waals surface area contributed by atoms with Gasteiger partial charge in [0.2, 0.25) is 35.4 Å². The highest BCUT2D eigenvalue weighted by atomic mass is 16.5. The molecule has 54 heavy (non-hydrogen) atoms. The summed E-state index contributed by atoms with van der Waals surface area (Å²) >= 11 is 0. The third kappa shape index (κ3) is 18.1. The summed E-state index contributed by atoms with van der Waals surface area (Å²) in [6.45, 7) is 9.80. The van der Waals surface area contributed by atoms with Crippen LogP contribution in [0.5, 0.6) is 0 Å². The number of hydrogen-bond donors (Lipinski definition) is 5. The van der Waals surface area contributed by atoms with Gasteiger partial charge in [0.15, 0.2) is 0 Å². The molecule has 0 aliphatic carbocycles. The van der Waals surface area contributed by atoms with Gasteiger partial charge in [0.25, 0.3) is 0 Å². The molecule has 0 bridgehead atoms. The van der Waals surface area contributed by atoms with E-state index in [4.69, 9.17) is 10.5 Å². The van der Waals surface area contributed by atoms with E-state index in [1.807, 2.05) is 81.5 Å². The number of allylic oxidation sites excluding steroid dienone is 15. The van der Waals surface area contributed by atoms with Gasteiger partial charge in [-0.25, -0.2) is 4.79 Å². The Morgan fingerprint density at radius 3 is 1.61 bits per heavy atom. The molecule has 1 heterocycles. The Bertz CT molecular complexity index is 1550. The largest absolute Gasteiger partial charge is 0.458 e. The van der Waals surface area contributed by atoms with E-state index in [2.05, 4.69) is 21.3 Å². The molecule has 14 heteroatoms. The molecule has 294 valence electrons. The molecule has 1 aliphatic rings. The van der Waals surface area contributed by atoms with Crippen LogP contribution in [0.2, 0.25) is 0 Å². The SMILES string of the molecule is C/C=C/C=C/C=C/C=C/C=C/C=C/C=C/C=C/C(=O)N(C)C1C(=O)NC(CC(C)C)C(=O)N[C@@H](C)C(=O)N[C@@H](C)C(=O)NC(CCC(N)=O)C(=O)O[C@@H]1C. The van der Waals surface area contributed by atoms with Crippen LogP contribution in [-0.2, 0) is 38.3 Å². The first kappa shape index (κ1) is 46.2. The monoisotopic (exact) mass is 748 g/mol. The van der Waals surface area contributed by atoms with Crippen molar-refractivity contribution in [1.82, 2.24) is 26.2 Å². The van der Waals surface area contributed by atoms with E-state index in [1.165, 1.54) is 40.0 Å². The highest BCUT2D eigenvalue weighted by Gasteiger charge is 2.38. The van der Waals surface area contributed by atoms with E-state index in [9.17, 15) is 33.6 Å². The summed E-state index contributed by atoms with van der Waals surface area (Å²) < 4.78 is 5.63. The molecule has 0 radical (unpaired) electrons. The lowest BCUT2D eigenvalue weighted by molar-refractivity contribution is -0.160. The summed E-state index contributed by atoms with van der Waals surface area (Å²) in [5.74, 6) is -5.38. The van der Waals surface area contributed by atoms with Crippen molar-refractivity contribution in [3.05, 3.63) is 97.2 Å². The van der Waals surface area contributed by atoms with Crippen molar-refractivity contribution in [1.29, 1.82) is 0 Å². The van der Waals surface area contributed by atoms with Crippen LogP contribution in [0.25, 0.3) is 0 Å². The number of ether oxygens (including phenoxy) is 1. The molecule has 0 aromatic rings. The minimum Gasteiger partial charge on any atom is -0.458 e. The average molecular weight is 749 g/mol. The van der Waals surface area contributed by atoms with Gasteiger partial charge < -0.3 is 36.6 Å². The number of carbonyl (C=O) groups excluding carboxylic acids is 7. The molecule has 0 aromatic carbocycles. The number of carbonyl (C=O) groups is 7. The van der Waals surface area contributed by atoms with E-state index in [1.54, 1.807) is 24.3 Å². The van der Waals surface area contributed by atoms with Gasteiger partial charge in [-0.15, -0.1) is 0 Å². The summed E-state index contributed by atoms with van der Waals surface area (Å²) in [7, 11) is 1.34. The fraction of sp³-hybridized carbons (Fsp3) is 0.425. The molecule has 6 N–H and O–H groups in total. The molecule has 6 amide bonds. The van der Waals surface area contributed by atoms with Crippen molar-refractivity contribution in [3.8, 4) is 0 Å². The summed E-state index contributed by atoms with van der Waals surface area (Å²) in [5.41, 5.74) is 5.29. The fourth-order valence-electron chi connectivity index (χ4n) is 4.88. The molecular weight excluding hydrogens is 692 g/mol. The highest BCUT2D eigenvalue weighted by Crippen LogP contribution is 2.14. The third-order valence-electron chi connectivity index (χ3n) is 7.78. The van der Waals surface area contributed by atoms with Crippen LogP contribution in [0.1, 0.15) is 60.8 Å². The number of amides is 6. The Kier molecular flexibility index (Phi) is 21.6. The van der Waals surface area contributed by atoms with Crippen molar-refractivity contribution >= 4 is 41.4 Å². The van der Waals surface area contributed by atoms with Crippen molar-refractivity contribution in [2.75, 3.05) is 7.05 Å². The lowest BCUT2D eigenvalue weighted by Crippen LogP contribution is -2.61. The second-order valence-electron chi connectivity index (χ2n) is 12.9. The Balaban J connectivity index is 3.33. The maximum Gasteiger partial charge on any atom is 0.329 e. The van der Waals surface area contributed by atoms with Crippen molar-refractivity contribution in [2.24, 2.45) is 11.7 Å². The van der Waals surface area contributed by atoms with Crippen LogP contribution >= 0.6 is 0 Å². The van der Waals surface area contributed by atoms with Gasteiger partial charge in [0.1, 0.15) is 36.3 Å². The number of primary amides is 1. The Labute approximate surface area is 318 Å². The van der Waals surface area contributed by atoms with Crippen molar-refractivity contribution in [2.45, 2.75) is 97.1 Å². The summed E-state index contributed by atoms with van der Waals surface area (Å²) in [6.07, 6.45) is 26.9. The first-order valence-electron chi connectivity index (χ1n) is 17.8. The Morgan fingerprint density at radius 2 is 1.13 bits per heavy atom. The van der Waals surface area contributed by atoms with E-state index >= 15 is 0 Å². The molecule has 1 saturated heterocycles. The van der Waals surface area contributed by atoms with E-state index < -0.39 is 77.7 Å². The zero-order valence-electron chi connectivity index (χ0n) is 32.2. The zero-order chi connectivity index (χ0) is 40.6. The van der Waals surface area contributed by atoms with Crippen LogP contribution in [0.4, 0.5) is 0 Å². The van der Waals surface area contributed by atoms with Gasteiger partial charge in [-0.05, 0) is 46.5 Å². The van der Waals surface area contributed by atoms with Crippen molar-refractivity contribution < 1.29 is 38.3 Å². The molecule has 0 spiro atoms. The van der Waals surface area contributed by atoms with Gasteiger partial charge in [0.05, 0.1) is 0 Å². The molecule has 3 unspecified atom stereocenters. The van der Waals surface area contributed by atoms with Crippen LogP contribution in [0, 0.1) is 5.92 Å². The molecule has 1 aliphatic heterocycles. The smallest absolute Gasteiger partial charge is 0.329 e. The van der Waals surface area contributed by atoms with Crippen LogP contribution in [0.15, 0.2) is 97.2 Å². The van der Waals surface area contributed by atoms with Gasteiger partial charge >= 0.3 is 5.97 Å². The molecular formula is C40H56N6O8. The van der Waals surface area contributed by atoms with E-state index in [-0.39, 0.29) is 25.2 Å². The van der Waals surface area contributed by atoms with Crippen LogP contribution in [0.3, 0.4) is 0 Å². The number of rotatable bonds is 14. The standard InChI is InChI=1S/C40H56N6O8/c1-8-9-10-11-12-13-14-15-16-17-18-19-20-21-22-23-34(48)46(7)35-30(6)54-40(53)31(24-25-33(41)47)44-37(50)29(5)42-36(49)28(4)43-38(51)32(26-27(2)3)45-39(35)52/h8-23,27-32,35H,24-26H2,1-7H3,(H2,41,47)(H,42,49)(H,43,51)(H,44,50)(H,45,52)/b9-8+,11-10+,13-12+,15-14+,17-16+,19-18+,21-20+,23-22+/t28-,29-,30+,31?,32?,35?/m0/s1. The second kappa shape index (κ2) is 25.2. The lowest BCUT2D eigenvalue weighted by Gasteiger charge is -2.33. The van der Waals surface area contributed by atoms with E-state index in [0.717, 1.165) is 4.90 Å². The quantitative estimate of drug-likeness (QED) is 0.101. The lowest BCUT2D eigenvalue weighted by atomic mass is 10.0. The predicted molar refractivity (Wildman–Crippen MR) is 208 cm³/mol. The number of hydrogen-bond acceptors (Lipinski definition) is 8. The number of likely N-dealkylation sites (N-methyl/N-ethyl adjacent to an activating group) is 1. The fourth-order valence-corrected chi connectivity index (χ4v) is 4.88. The minimum absolute atomic E-state index is 0.0766. The number of nitrogens with one attached hydrogen (secondary N) is 4. The Hall–Kier alpha value is -5.79. The number of nitrogens with zero attached hydrogens (tertiary/aromatic N) is 1. The third-order valence-corrected chi connectivity index (χ3v) is 7.78. The van der Waals surface area contributed by atoms with Gasteiger partial charge in [-0.3, -0.25) is 28.8 Å². The summed E-state index contributed by atoms with van der Waals surface area (Å²) in [6, 6.07) is -6.21. The first-order chi connectivity index (χ1) is 25.6. The maximum absolute atomic E-state index is 13.9. The minimum atomic E-state index is -1.45. The highest BCUT2D eigenvalue weighted by molar-refractivity contribution is 5.97. The molecule has 0 saturated carbocycles. The van der Waals surface area contributed by atoms with Gasteiger partial charge in [-0.2, -0.15) is 0 Å². The molecule has 1 rings (SSSR count). The number of esters is 1. The Morgan fingerprint density at radius 1 is 0.685 bits per heavy atom. The van der Waals surface area contributed by atoms with Gasteiger partial charge in [0, 0.05) is 19.5 Å². The summed E-state index contributed by atoms with van der Waals surface area (Å²) in [5, 5.41) is 10.2. The molecule has 14 nitrogen and oxygen atoms in total. The zero-order valence-corrected chi connectivity index (χ0v) is 32.2. The van der Waals surface area contributed by atoms with Crippen LogP contribution < -0.4 is 27.0 Å². The second-order valence-corrected chi connectivity index (χ2v) is 12.9. The van der Waals surface area contributed by atoms with Crippen molar-refractivity contribution in [3.63, 3.8) is 0 Å². The molecule has 0 aromatic heterocycles. The molecule has 6 atom stereocenters. The maximum atomic E-state index is 13.9.